The predicted molar refractivity (Wildman–Crippen MR) is 68.5 cm³/mol. The number of halogens is 1. The number of nitrogens with zero attached hydrogens (tertiary/aromatic N) is 2. The fraction of sp³-hybridized carbons (Fsp3) is 0.167. The van der Waals surface area contributed by atoms with Gasteiger partial charge in [-0.15, -0.1) is 6.58 Å². The second-order valence-corrected chi connectivity index (χ2v) is 4.39. The lowest BCUT2D eigenvalue weighted by molar-refractivity contribution is 0.687. The van der Waals surface area contributed by atoms with Gasteiger partial charge in [-0.2, -0.15) is 0 Å². The third-order valence-corrected chi connectivity index (χ3v) is 2.88. The number of hydrogen-bond acceptors (Lipinski definition) is 2. The summed E-state index contributed by atoms with van der Waals surface area (Å²) in [5, 5.41) is 0.957. The summed E-state index contributed by atoms with van der Waals surface area (Å²) in [6.07, 6.45) is 4.16. The molecule has 0 atom stereocenters. The van der Waals surface area contributed by atoms with Crippen molar-refractivity contribution in [3.63, 3.8) is 0 Å². The van der Waals surface area contributed by atoms with Gasteiger partial charge in [0.05, 0.1) is 5.52 Å². The van der Waals surface area contributed by atoms with E-state index in [9.17, 15) is 4.79 Å². The molecule has 0 radical (unpaired) electrons. The number of hydrogen-bond donors (Lipinski definition) is 0. The number of aromatic nitrogens is 2. The van der Waals surface area contributed by atoms with Gasteiger partial charge in [0.25, 0.3) is 0 Å². The molecule has 0 N–H and O–H groups in total. The summed E-state index contributed by atoms with van der Waals surface area (Å²) in [6, 6.07) is 5.80. The SMILES string of the molecule is C=CCCn1c(=O)ncc2cc(Br)ccc21. The standard InChI is InChI=1S/C12H11BrN2O/c1-2-3-6-15-11-5-4-10(13)7-9(11)8-14-12(15)16/h2,4-5,7-8H,1,3,6H2. The molecule has 0 amide bonds. The molecule has 0 spiro atoms. The highest BCUT2D eigenvalue weighted by Crippen LogP contribution is 2.17. The Labute approximate surface area is 102 Å². The van der Waals surface area contributed by atoms with E-state index in [0.717, 1.165) is 21.8 Å². The monoisotopic (exact) mass is 278 g/mol. The topological polar surface area (TPSA) is 34.9 Å². The lowest BCUT2D eigenvalue weighted by atomic mass is 10.2. The molecule has 0 fully saturated rings. The molecule has 0 bridgehead atoms. The third-order valence-electron chi connectivity index (χ3n) is 2.38. The van der Waals surface area contributed by atoms with Crippen molar-refractivity contribution in [1.82, 2.24) is 9.55 Å². The predicted octanol–water partition coefficient (Wildman–Crippen LogP) is 2.74. The van der Waals surface area contributed by atoms with Crippen LogP contribution in [0.2, 0.25) is 0 Å². The van der Waals surface area contributed by atoms with Crippen molar-refractivity contribution >= 4 is 26.8 Å². The average Bonchev–Trinajstić information content (AvgIpc) is 2.28. The van der Waals surface area contributed by atoms with Crippen LogP contribution < -0.4 is 5.69 Å². The minimum Gasteiger partial charge on any atom is -0.292 e. The van der Waals surface area contributed by atoms with Gasteiger partial charge in [0.2, 0.25) is 0 Å². The van der Waals surface area contributed by atoms with E-state index in [4.69, 9.17) is 0 Å². The molecular weight excluding hydrogens is 268 g/mol. The first-order valence-corrected chi connectivity index (χ1v) is 5.77. The van der Waals surface area contributed by atoms with E-state index in [1.54, 1.807) is 16.8 Å². The first kappa shape index (κ1) is 11.1. The maximum atomic E-state index is 11.6. The van der Waals surface area contributed by atoms with Gasteiger partial charge in [-0.3, -0.25) is 4.57 Å². The number of benzene rings is 1. The van der Waals surface area contributed by atoms with Crippen LogP contribution in [-0.4, -0.2) is 9.55 Å². The largest absolute Gasteiger partial charge is 0.348 e. The van der Waals surface area contributed by atoms with E-state index < -0.39 is 0 Å². The van der Waals surface area contributed by atoms with E-state index in [0.29, 0.717) is 6.54 Å². The highest BCUT2D eigenvalue weighted by molar-refractivity contribution is 9.10. The molecule has 0 saturated carbocycles. The molecule has 2 aromatic rings. The molecule has 0 aliphatic rings. The molecule has 3 nitrogen and oxygen atoms in total. The molecule has 0 saturated heterocycles. The van der Waals surface area contributed by atoms with Crippen molar-refractivity contribution in [3.8, 4) is 0 Å². The van der Waals surface area contributed by atoms with Crippen LogP contribution >= 0.6 is 15.9 Å². The molecule has 1 aromatic carbocycles. The highest BCUT2D eigenvalue weighted by atomic mass is 79.9. The van der Waals surface area contributed by atoms with Crippen molar-refractivity contribution in [2.45, 2.75) is 13.0 Å². The summed E-state index contributed by atoms with van der Waals surface area (Å²) >= 11 is 3.40. The normalized spacial score (nSPS) is 10.6. The molecule has 82 valence electrons. The van der Waals surface area contributed by atoms with Crippen molar-refractivity contribution in [2.24, 2.45) is 0 Å². The molecule has 0 aliphatic heterocycles. The fourth-order valence-corrected chi connectivity index (χ4v) is 1.99. The maximum absolute atomic E-state index is 11.6. The smallest absolute Gasteiger partial charge is 0.292 e. The Morgan fingerprint density at radius 2 is 2.31 bits per heavy atom. The molecular formula is C12H11BrN2O. The Morgan fingerprint density at radius 1 is 1.50 bits per heavy atom. The summed E-state index contributed by atoms with van der Waals surface area (Å²) in [6.45, 7) is 4.28. The van der Waals surface area contributed by atoms with Crippen molar-refractivity contribution in [2.75, 3.05) is 0 Å². The zero-order valence-electron chi connectivity index (χ0n) is 8.69. The van der Waals surface area contributed by atoms with Gasteiger partial charge in [-0.05, 0) is 24.6 Å². The summed E-state index contributed by atoms with van der Waals surface area (Å²) in [4.78, 5) is 15.5. The van der Waals surface area contributed by atoms with Crippen molar-refractivity contribution in [3.05, 3.63) is 52.0 Å². The maximum Gasteiger partial charge on any atom is 0.348 e. The van der Waals surface area contributed by atoms with Crippen LogP contribution in [0.25, 0.3) is 10.9 Å². The van der Waals surface area contributed by atoms with E-state index >= 15 is 0 Å². The molecule has 16 heavy (non-hydrogen) atoms. The first-order valence-electron chi connectivity index (χ1n) is 4.98. The molecule has 4 heteroatoms. The van der Waals surface area contributed by atoms with E-state index in [2.05, 4.69) is 27.5 Å². The lowest BCUT2D eigenvalue weighted by Gasteiger charge is -2.07. The van der Waals surface area contributed by atoms with Gasteiger partial charge in [-0.25, -0.2) is 9.78 Å². The minimum absolute atomic E-state index is 0.211. The van der Waals surface area contributed by atoms with E-state index in [-0.39, 0.29) is 5.69 Å². The molecule has 1 aromatic heterocycles. The van der Waals surface area contributed by atoms with Gasteiger partial charge >= 0.3 is 5.69 Å². The van der Waals surface area contributed by atoms with Gasteiger partial charge in [0.15, 0.2) is 0 Å². The Balaban J connectivity index is 2.64. The Hall–Kier alpha value is -1.42. The molecule has 0 unspecified atom stereocenters. The van der Waals surface area contributed by atoms with Crippen LogP contribution in [0.4, 0.5) is 0 Å². The van der Waals surface area contributed by atoms with Crippen molar-refractivity contribution < 1.29 is 0 Å². The third kappa shape index (κ3) is 2.07. The minimum atomic E-state index is -0.211. The zero-order chi connectivity index (χ0) is 11.5. The van der Waals surface area contributed by atoms with Crippen LogP contribution in [0.5, 0.6) is 0 Å². The summed E-state index contributed by atoms with van der Waals surface area (Å²) in [5.74, 6) is 0. The molecule has 1 heterocycles. The molecule has 0 aliphatic carbocycles. The van der Waals surface area contributed by atoms with Crippen molar-refractivity contribution in [1.29, 1.82) is 0 Å². The van der Waals surface area contributed by atoms with Crippen LogP contribution in [0, 0.1) is 0 Å². The number of aryl methyl sites for hydroxylation is 1. The van der Waals surface area contributed by atoms with E-state index in [1.165, 1.54) is 0 Å². The van der Waals surface area contributed by atoms with E-state index in [1.807, 2.05) is 18.2 Å². The Bertz CT molecular complexity index is 589. The number of rotatable bonds is 3. The highest BCUT2D eigenvalue weighted by Gasteiger charge is 2.03. The Morgan fingerprint density at radius 3 is 3.06 bits per heavy atom. The fourth-order valence-electron chi connectivity index (χ4n) is 1.61. The first-order chi connectivity index (χ1) is 7.72. The van der Waals surface area contributed by atoms with Gasteiger partial charge in [0, 0.05) is 22.6 Å². The Kier molecular flexibility index (Phi) is 3.19. The van der Waals surface area contributed by atoms with Crippen LogP contribution in [0.3, 0.4) is 0 Å². The summed E-state index contributed by atoms with van der Waals surface area (Å²) in [7, 11) is 0. The average molecular weight is 279 g/mol. The van der Waals surface area contributed by atoms with Crippen LogP contribution in [0.15, 0.2) is 46.3 Å². The second kappa shape index (κ2) is 4.61. The lowest BCUT2D eigenvalue weighted by Crippen LogP contribution is -2.22. The van der Waals surface area contributed by atoms with Gasteiger partial charge < -0.3 is 0 Å². The van der Waals surface area contributed by atoms with Gasteiger partial charge in [0.1, 0.15) is 0 Å². The summed E-state index contributed by atoms with van der Waals surface area (Å²) in [5.41, 5.74) is 0.696. The van der Waals surface area contributed by atoms with Crippen LogP contribution in [-0.2, 0) is 6.54 Å². The summed E-state index contributed by atoms with van der Waals surface area (Å²) < 4.78 is 2.65. The van der Waals surface area contributed by atoms with Gasteiger partial charge in [-0.1, -0.05) is 22.0 Å². The quantitative estimate of drug-likeness (QED) is 0.810. The number of fused-ring (bicyclic) bond motifs is 1. The zero-order valence-corrected chi connectivity index (χ0v) is 10.3. The molecule has 2 rings (SSSR count). The number of allylic oxidation sites excluding steroid dienone is 1. The van der Waals surface area contributed by atoms with Crippen LogP contribution in [0.1, 0.15) is 6.42 Å². The second-order valence-electron chi connectivity index (χ2n) is 3.47.